The summed E-state index contributed by atoms with van der Waals surface area (Å²) in [6.45, 7) is 0.342. The van der Waals surface area contributed by atoms with Gasteiger partial charge in [-0.2, -0.15) is 13.2 Å². The minimum absolute atomic E-state index is 0.144. The molecular weight excluding hydrogens is 466 g/mol. The second-order valence-electron chi connectivity index (χ2n) is 8.32. The Bertz CT molecular complexity index is 1270. The van der Waals surface area contributed by atoms with Gasteiger partial charge in [0, 0.05) is 5.56 Å². The van der Waals surface area contributed by atoms with E-state index < -0.39 is 19.7 Å². The first-order valence-corrected chi connectivity index (χ1v) is 12.7. The Morgan fingerprint density at radius 2 is 1.34 bits per heavy atom. The minimum Gasteiger partial charge on any atom is -0.475 e. The first-order valence-electron chi connectivity index (χ1n) is 11.4. The van der Waals surface area contributed by atoms with Crippen molar-refractivity contribution in [2.75, 3.05) is 6.61 Å². The highest BCUT2D eigenvalue weighted by molar-refractivity contribution is 7.80. The van der Waals surface area contributed by atoms with E-state index in [1.807, 2.05) is 91.0 Å². The second kappa shape index (κ2) is 10.1. The van der Waals surface area contributed by atoms with E-state index in [0.717, 1.165) is 27.5 Å². The molecule has 0 spiro atoms. The van der Waals surface area contributed by atoms with Gasteiger partial charge >= 0.3 is 6.18 Å². The topological polar surface area (TPSA) is 21.6 Å². The molecule has 1 aliphatic rings. The molecule has 0 amide bonds. The van der Waals surface area contributed by atoms with Crippen LogP contribution in [0, 0.1) is 0 Å². The van der Waals surface area contributed by atoms with Crippen molar-refractivity contribution in [1.82, 2.24) is 0 Å². The van der Waals surface area contributed by atoms with Crippen LogP contribution in [0.2, 0.25) is 0 Å². The SMILES string of the molecule is FC(F)(F)c1ccc(P(c2ccccc2)c2ccccc2)c(C2=N[C@@H](Cc3ccccc3)CO2)c1. The predicted molar refractivity (Wildman–Crippen MR) is 137 cm³/mol. The van der Waals surface area contributed by atoms with Gasteiger partial charge in [-0.05, 0) is 48.0 Å². The molecular formula is C29H23F3NOP. The van der Waals surface area contributed by atoms with Gasteiger partial charge in [0.15, 0.2) is 0 Å². The van der Waals surface area contributed by atoms with E-state index in [4.69, 9.17) is 9.73 Å². The molecule has 5 rings (SSSR count). The number of ether oxygens (including phenoxy) is 1. The molecule has 176 valence electrons. The lowest BCUT2D eigenvalue weighted by Crippen LogP contribution is -2.26. The molecule has 0 saturated heterocycles. The van der Waals surface area contributed by atoms with Crippen LogP contribution in [0.25, 0.3) is 0 Å². The molecule has 35 heavy (non-hydrogen) atoms. The maximum atomic E-state index is 13.7. The Balaban J connectivity index is 1.62. The van der Waals surface area contributed by atoms with Crippen molar-refractivity contribution < 1.29 is 17.9 Å². The first-order chi connectivity index (χ1) is 17.0. The number of benzene rings is 4. The molecule has 0 radical (unpaired) electrons. The molecule has 0 bridgehead atoms. The van der Waals surface area contributed by atoms with E-state index in [0.29, 0.717) is 18.6 Å². The van der Waals surface area contributed by atoms with E-state index >= 15 is 0 Å². The van der Waals surface area contributed by atoms with Crippen molar-refractivity contribution in [3.05, 3.63) is 126 Å². The van der Waals surface area contributed by atoms with Gasteiger partial charge < -0.3 is 4.74 Å². The zero-order valence-corrected chi connectivity index (χ0v) is 19.7. The number of hydrogen-bond acceptors (Lipinski definition) is 2. The second-order valence-corrected chi connectivity index (χ2v) is 10.5. The molecule has 6 heteroatoms. The van der Waals surface area contributed by atoms with Crippen LogP contribution in [0.15, 0.2) is 114 Å². The zero-order valence-electron chi connectivity index (χ0n) is 18.8. The molecule has 1 aliphatic heterocycles. The summed E-state index contributed by atoms with van der Waals surface area (Å²) in [5.74, 6) is 0.284. The number of nitrogens with zero attached hydrogens (tertiary/aromatic N) is 1. The Hall–Kier alpha value is -3.43. The molecule has 4 aromatic carbocycles. The molecule has 1 atom stereocenters. The van der Waals surface area contributed by atoms with Gasteiger partial charge in [0.1, 0.15) is 6.61 Å². The highest BCUT2D eigenvalue weighted by Gasteiger charge is 2.34. The van der Waals surface area contributed by atoms with Crippen LogP contribution in [0.3, 0.4) is 0 Å². The third-order valence-electron chi connectivity index (χ3n) is 5.85. The van der Waals surface area contributed by atoms with Crippen LogP contribution in [0.5, 0.6) is 0 Å². The lowest BCUT2D eigenvalue weighted by molar-refractivity contribution is -0.137. The maximum Gasteiger partial charge on any atom is 0.416 e. The van der Waals surface area contributed by atoms with Crippen LogP contribution in [0.4, 0.5) is 13.2 Å². The fourth-order valence-corrected chi connectivity index (χ4v) is 6.63. The third kappa shape index (κ3) is 5.31. The summed E-state index contributed by atoms with van der Waals surface area (Å²) < 4.78 is 47.1. The lowest BCUT2D eigenvalue weighted by Gasteiger charge is -2.23. The Labute approximate surface area is 203 Å². The Morgan fingerprint density at radius 3 is 1.91 bits per heavy atom. The fraction of sp³-hybridized carbons (Fsp3) is 0.138. The maximum absolute atomic E-state index is 13.7. The standard InChI is InChI=1S/C29H23F3NOP/c30-29(31,32)22-16-17-27(35(24-12-6-2-7-13-24)25-14-8-3-9-15-25)26(19-22)28-33-23(20-34-28)18-21-10-4-1-5-11-21/h1-17,19,23H,18,20H2/t23-/m0/s1. The summed E-state index contributed by atoms with van der Waals surface area (Å²) in [5, 5.41) is 2.90. The molecule has 1 heterocycles. The Morgan fingerprint density at radius 1 is 0.771 bits per heavy atom. The Kier molecular flexibility index (Phi) is 6.70. The zero-order chi connectivity index (χ0) is 24.3. The molecule has 0 aliphatic carbocycles. The molecule has 2 nitrogen and oxygen atoms in total. The normalized spacial score (nSPS) is 15.7. The van der Waals surface area contributed by atoms with E-state index in [1.165, 1.54) is 6.07 Å². The number of rotatable bonds is 6. The van der Waals surface area contributed by atoms with E-state index in [2.05, 4.69) is 0 Å². The number of hydrogen-bond donors (Lipinski definition) is 0. The van der Waals surface area contributed by atoms with Gasteiger partial charge in [0.2, 0.25) is 5.90 Å². The van der Waals surface area contributed by atoms with E-state index in [-0.39, 0.29) is 11.9 Å². The quantitative estimate of drug-likeness (QED) is 0.312. The number of halogens is 3. The van der Waals surface area contributed by atoms with Gasteiger partial charge in [0.25, 0.3) is 0 Å². The largest absolute Gasteiger partial charge is 0.475 e. The molecule has 0 aromatic heterocycles. The van der Waals surface area contributed by atoms with Gasteiger partial charge in [-0.25, -0.2) is 4.99 Å². The average Bonchev–Trinajstić information content (AvgIpc) is 3.34. The van der Waals surface area contributed by atoms with Gasteiger partial charge in [-0.1, -0.05) is 97.1 Å². The summed E-state index contributed by atoms with van der Waals surface area (Å²) in [5.41, 5.74) is 0.825. The summed E-state index contributed by atoms with van der Waals surface area (Å²) in [6.07, 6.45) is -3.79. The lowest BCUT2D eigenvalue weighted by atomic mass is 10.1. The van der Waals surface area contributed by atoms with Crippen LogP contribution in [-0.4, -0.2) is 18.5 Å². The van der Waals surface area contributed by atoms with Crippen molar-refractivity contribution in [2.45, 2.75) is 18.6 Å². The average molecular weight is 489 g/mol. The summed E-state index contributed by atoms with van der Waals surface area (Å²) in [4.78, 5) is 4.74. The first kappa shape index (κ1) is 23.3. The molecule has 0 unspecified atom stereocenters. The van der Waals surface area contributed by atoms with Crippen LogP contribution in [0.1, 0.15) is 16.7 Å². The van der Waals surface area contributed by atoms with E-state index in [9.17, 15) is 13.2 Å². The van der Waals surface area contributed by atoms with Crippen molar-refractivity contribution >= 4 is 29.7 Å². The van der Waals surface area contributed by atoms with Crippen molar-refractivity contribution in [3.63, 3.8) is 0 Å². The monoisotopic (exact) mass is 489 g/mol. The van der Waals surface area contributed by atoms with Crippen LogP contribution < -0.4 is 15.9 Å². The summed E-state index contributed by atoms with van der Waals surface area (Å²) in [7, 11) is -1.12. The molecule has 0 saturated carbocycles. The minimum atomic E-state index is -4.46. The van der Waals surface area contributed by atoms with Crippen molar-refractivity contribution in [1.29, 1.82) is 0 Å². The van der Waals surface area contributed by atoms with E-state index in [1.54, 1.807) is 6.07 Å². The molecule has 4 aromatic rings. The van der Waals surface area contributed by atoms with Crippen LogP contribution >= 0.6 is 7.92 Å². The smallest absolute Gasteiger partial charge is 0.416 e. The van der Waals surface area contributed by atoms with Gasteiger partial charge in [-0.3, -0.25) is 0 Å². The van der Waals surface area contributed by atoms with Crippen molar-refractivity contribution in [2.24, 2.45) is 4.99 Å². The highest BCUT2D eigenvalue weighted by Crippen LogP contribution is 2.37. The number of alkyl halides is 3. The van der Waals surface area contributed by atoms with Crippen molar-refractivity contribution in [3.8, 4) is 0 Å². The molecule has 0 N–H and O–H groups in total. The van der Waals surface area contributed by atoms with Gasteiger partial charge in [-0.15, -0.1) is 0 Å². The third-order valence-corrected chi connectivity index (χ3v) is 8.35. The highest BCUT2D eigenvalue weighted by atomic mass is 31.1. The molecule has 0 fully saturated rings. The predicted octanol–water partition coefficient (Wildman–Crippen LogP) is 5.85. The summed E-state index contributed by atoms with van der Waals surface area (Å²) >= 11 is 0. The number of aliphatic imine (C=N–C) groups is 1. The summed E-state index contributed by atoms with van der Waals surface area (Å²) in [6, 6.07) is 33.5. The van der Waals surface area contributed by atoms with Gasteiger partial charge in [0.05, 0.1) is 11.6 Å². The van der Waals surface area contributed by atoms with Crippen LogP contribution in [-0.2, 0) is 17.3 Å². The fourth-order valence-electron chi connectivity index (χ4n) is 4.21.